The Hall–Kier alpha value is -0.650. The van der Waals surface area contributed by atoms with Crippen LogP contribution >= 0.6 is 0 Å². The van der Waals surface area contributed by atoms with Crippen LogP contribution in [0.2, 0.25) is 0 Å². The van der Waals surface area contributed by atoms with Gasteiger partial charge in [0.25, 0.3) is 5.91 Å². The molecule has 15 heavy (non-hydrogen) atoms. The molecule has 0 saturated carbocycles. The minimum absolute atomic E-state index is 0.0426. The Morgan fingerprint density at radius 1 is 1.60 bits per heavy atom. The van der Waals surface area contributed by atoms with Crippen molar-refractivity contribution in [3.05, 3.63) is 0 Å². The Bertz CT molecular complexity index is 223. The zero-order valence-electron chi connectivity index (χ0n) is 9.77. The first-order chi connectivity index (χ1) is 7.10. The number of piperazine rings is 1. The summed E-state index contributed by atoms with van der Waals surface area (Å²) in [7, 11) is 3.60. The van der Waals surface area contributed by atoms with Crippen molar-refractivity contribution in [3.63, 3.8) is 0 Å². The summed E-state index contributed by atoms with van der Waals surface area (Å²) >= 11 is 0. The van der Waals surface area contributed by atoms with Crippen LogP contribution in [-0.4, -0.2) is 68.2 Å². The third kappa shape index (κ3) is 2.90. The van der Waals surface area contributed by atoms with E-state index in [9.17, 15) is 4.79 Å². The molecule has 0 radical (unpaired) electrons. The molecule has 1 amide bonds. The van der Waals surface area contributed by atoms with Gasteiger partial charge in [-0.3, -0.25) is 4.79 Å². The minimum Gasteiger partial charge on any atom is -0.372 e. The highest BCUT2D eigenvalue weighted by Crippen LogP contribution is 2.10. The van der Waals surface area contributed by atoms with E-state index in [0.29, 0.717) is 6.54 Å². The lowest BCUT2D eigenvalue weighted by Crippen LogP contribution is -2.58. The molecule has 1 fully saturated rings. The predicted molar refractivity (Wildman–Crippen MR) is 58.5 cm³/mol. The molecule has 2 unspecified atom stereocenters. The van der Waals surface area contributed by atoms with Crippen molar-refractivity contribution >= 4 is 5.91 Å². The average molecular weight is 215 g/mol. The van der Waals surface area contributed by atoms with Gasteiger partial charge in [-0.1, -0.05) is 0 Å². The van der Waals surface area contributed by atoms with Gasteiger partial charge in [-0.15, -0.1) is 0 Å². The van der Waals surface area contributed by atoms with Crippen LogP contribution in [0.15, 0.2) is 0 Å². The number of hydrogen-bond donors (Lipinski definition) is 1. The number of ether oxygens (including phenoxy) is 1. The van der Waals surface area contributed by atoms with Crippen LogP contribution in [0.3, 0.4) is 0 Å². The molecule has 0 aromatic heterocycles. The summed E-state index contributed by atoms with van der Waals surface area (Å²) < 4.78 is 5.04. The van der Waals surface area contributed by atoms with Gasteiger partial charge in [-0.2, -0.15) is 0 Å². The van der Waals surface area contributed by atoms with Crippen LogP contribution in [0, 0.1) is 0 Å². The molecule has 5 nitrogen and oxygen atoms in total. The fraction of sp³-hybridized carbons (Fsp3) is 0.900. The summed E-state index contributed by atoms with van der Waals surface area (Å²) in [6, 6.07) is 0.119. The monoisotopic (exact) mass is 215 g/mol. The molecule has 2 atom stereocenters. The zero-order chi connectivity index (χ0) is 11.4. The molecule has 1 aliphatic rings. The number of carbonyl (C=O) groups is 1. The molecule has 1 saturated heterocycles. The first-order valence-corrected chi connectivity index (χ1v) is 5.32. The van der Waals surface area contributed by atoms with Crippen molar-refractivity contribution in [2.75, 3.05) is 40.3 Å². The summed E-state index contributed by atoms with van der Waals surface area (Å²) in [6.45, 7) is 4.77. The SMILES string of the molecule is COC(C)C(=O)N1CCN(C)CC1CN. The number of nitrogens with two attached hydrogens (primary N) is 1. The number of amides is 1. The molecule has 1 rings (SSSR count). The summed E-state index contributed by atoms with van der Waals surface area (Å²) in [6.07, 6.45) is -0.373. The summed E-state index contributed by atoms with van der Waals surface area (Å²) in [5.41, 5.74) is 5.67. The zero-order valence-corrected chi connectivity index (χ0v) is 9.77. The first kappa shape index (κ1) is 12.4. The molecule has 1 aliphatic heterocycles. The largest absolute Gasteiger partial charge is 0.372 e. The van der Waals surface area contributed by atoms with Gasteiger partial charge in [0.05, 0.1) is 6.04 Å². The van der Waals surface area contributed by atoms with Crippen LogP contribution in [0.1, 0.15) is 6.92 Å². The lowest BCUT2D eigenvalue weighted by Gasteiger charge is -2.40. The number of hydrogen-bond acceptors (Lipinski definition) is 4. The number of likely N-dealkylation sites (N-methyl/N-ethyl adjacent to an activating group) is 1. The fourth-order valence-electron chi connectivity index (χ4n) is 1.84. The number of carbonyl (C=O) groups excluding carboxylic acids is 1. The Morgan fingerprint density at radius 2 is 2.27 bits per heavy atom. The van der Waals surface area contributed by atoms with Crippen LogP contribution in [0.25, 0.3) is 0 Å². The maximum absolute atomic E-state index is 11.9. The highest BCUT2D eigenvalue weighted by Gasteiger charge is 2.30. The molecular weight excluding hydrogens is 194 g/mol. The van der Waals surface area contributed by atoms with Crippen molar-refractivity contribution in [2.45, 2.75) is 19.1 Å². The smallest absolute Gasteiger partial charge is 0.251 e. The third-order valence-corrected chi connectivity index (χ3v) is 2.94. The molecule has 2 N–H and O–H groups in total. The van der Waals surface area contributed by atoms with Gasteiger partial charge in [0.2, 0.25) is 0 Å². The van der Waals surface area contributed by atoms with E-state index < -0.39 is 0 Å². The van der Waals surface area contributed by atoms with Gasteiger partial charge in [-0.25, -0.2) is 0 Å². The standard InChI is InChI=1S/C10H21N3O2/c1-8(15-3)10(14)13-5-4-12(2)7-9(13)6-11/h8-9H,4-7,11H2,1-3H3. The summed E-state index contributed by atoms with van der Waals surface area (Å²) in [4.78, 5) is 16.0. The minimum atomic E-state index is -0.373. The van der Waals surface area contributed by atoms with Crippen LogP contribution < -0.4 is 5.73 Å². The number of nitrogens with zero attached hydrogens (tertiary/aromatic N) is 2. The molecule has 0 aliphatic carbocycles. The Labute approximate surface area is 91.2 Å². The Morgan fingerprint density at radius 3 is 2.80 bits per heavy atom. The van der Waals surface area contributed by atoms with Gasteiger partial charge in [0.1, 0.15) is 6.10 Å². The maximum Gasteiger partial charge on any atom is 0.251 e. The Kier molecular flexibility index (Phi) is 4.50. The molecule has 0 spiro atoms. The molecule has 0 bridgehead atoms. The quantitative estimate of drug-likeness (QED) is 0.664. The van der Waals surface area contributed by atoms with E-state index in [2.05, 4.69) is 4.90 Å². The normalized spacial score (nSPS) is 25.3. The Balaban J connectivity index is 2.63. The van der Waals surface area contributed by atoms with Crippen LogP contribution in [0.4, 0.5) is 0 Å². The second kappa shape index (κ2) is 5.44. The molecular formula is C10H21N3O2. The molecule has 88 valence electrons. The lowest BCUT2D eigenvalue weighted by atomic mass is 10.1. The van der Waals surface area contributed by atoms with E-state index in [4.69, 9.17) is 10.5 Å². The van der Waals surface area contributed by atoms with E-state index >= 15 is 0 Å². The van der Waals surface area contributed by atoms with Crippen molar-refractivity contribution in [1.29, 1.82) is 0 Å². The van der Waals surface area contributed by atoms with E-state index in [0.717, 1.165) is 19.6 Å². The van der Waals surface area contributed by atoms with Gasteiger partial charge in [0, 0.05) is 33.3 Å². The van der Waals surface area contributed by atoms with Crippen molar-refractivity contribution < 1.29 is 9.53 Å². The maximum atomic E-state index is 11.9. The predicted octanol–water partition coefficient (Wildman–Crippen LogP) is -0.877. The van der Waals surface area contributed by atoms with E-state index in [1.54, 1.807) is 14.0 Å². The second-order valence-electron chi connectivity index (χ2n) is 4.06. The average Bonchev–Trinajstić information content (AvgIpc) is 2.26. The fourth-order valence-corrected chi connectivity index (χ4v) is 1.84. The molecule has 0 aromatic carbocycles. The lowest BCUT2D eigenvalue weighted by molar-refractivity contribution is -0.145. The van der Waals surface area contributed by atoms with Crippen molar-refractivity contribution in [3.8, 4) is 0 Å². The highest BCUT2D eigenvalue weighted by molar-refractivity contribution is 5.81. The third-order valence-electron chi connectivity index (χ3n) is 2.94. The first-order valence-electron chi connectivity index (χ1n) is 5.32. The number of rotatable bonds is 3. The van der Waals surface area contributed by atoms with Gasteiger partial charge < -0.3 is 20.3 Å². The molecule has 5 heteroatoms. The van der Waals surface area contributed by atoms with E-state index in [-0.39, 0.29) is 18.1 Å². The van der Waals surface area contributed by atoms with Gasteiger partial charge in [-0.05, 0) is 14.0 Å². The number of methoxy groups -OCH3 is 1. The van der Waals surface area contributed by atoms with Crippen LogP contribution in [0.5, 0.6) is 0 Å². The summed E-state index contributed by atoms with van der Waals surface area (Å²) in [5, 5.41) is 0. The van der Waals surface area contributed by atoms with Gasteiger partial charge >= 0.3 is 0 Å². The molecule has 1 heterocycles. The topological polar surface area (TPSA) is 58.8 Å². The van der Waals surface area contributed by atoms with E-state index in [1.807, 2.05) is 11.9 Å². The highest BCUT2D eigenvalue weighted by atomic mass is 16.5. The van der Waals surface area contributed by atoms with E-state index in [1.165, 1.54) is 0 Å². The second-order valence-corrected chi connectivity index (χ2v) is 4.06. The molecule has 0 aromatic rings. The van der Waals surface area contributed by atoms with Crippen molar-refractivity contribution in [2.24, 2.45) is 5.73 Å². The van der Waals surface area contributed by atoms with Crippen LogP contribution in [-0.2, 0) is 9.53 Å². The van der Waals surface area contributed by atoms with Gasteiger partial charge in [0.15, 0.2) is 0 Å². The summed E-state index contributed by atoms with van der Waals surface area (Å²) in [5.74, 6) is 0.0426. The van der Waals surface area contributed by atoms with Crippen molar-refractivity contribution in [1.82, 2.24) is 9.80 Å².